The lowest BCUT2D eigenvalue weighted by Gasteiger charge is -2.26. The molecule has 29 heavy (non-hydrogen) atoms. The van der Waals surface area contributed by atoms with Gasteiger partial charge in [-0.25, -0.2) is 13.3 Å². The van der Waals surface area contributed by atoms with E-state index in [9.17, 15) is 22.8 Å². The number of carbonyl (C=O) groups is 3. The lowest BCUT2D eigenvalue weighted by atomic mass is 10.2. The zero-order chi connectivity index (χ0) is 20.8. The topological polar surface area (TPSA) is 101 Å². The van der Waals surface area contributed by atoms with Gasteiger partial charge in [0.25, 0.3) is 15.9 Å². The van der Waals surface area contributed by atoms with Crippen LogP contribution in [0, 0.1) is 0 Å². The van der Waals surface area contributed by atoms with E-state index >= 15 is 0 Å². The van der Waals surface area contributed by atoms with Crippen LogP contribution in [-0.4, -0.2) is 42.6 Å². The van der Waals surface area contributed by atoms with Crippen LogP contribution in [0.3, 0.4) is 0 Å². The second-order valence-electron chi connectivity index (χ2n) is 6.87. The van der Waals surface area contributed by atoms with Crippen LogP contribution in [-0.2, 0) is 24.4 Å². The minimum Gasteiger partial charge on any atom is -0.427 e. The highest BCUT2D eigenvalue weighted by molar-refractivity contribution is 7.91. The van der Waals surface area contributed by atoms with Gasteiger partial charge >= 0.3 is 5.97 Å². The number of imide groups is 1. The summed E-state index contributed by atoms with van der Waals surface area (Å²) in [4.78, 5) is 37.7. The molecule has 2 aromatic rings. The van der Waals surface area contributed by atoms with Crippen molar-refractivity contribution < 1.29 is 27.5 Å². The van der Waals surface area contributed by atoms with Gasteiger partial charge in [-0.2, -0.15) is 4.31 Å². The molecule has 8 nitrogen and oxygen atoms in total. The zero-order valence-corrected chi connectivity index (χ0v) is 17.1. The van der Waals surface area contributed by atoms with Crippen LogP contribution in [0.1, 0.15) is 26.2 Å². The Hall–Kier alpha value is -2.56. The highest BCUT2D eigenvalue weighted by Crippen LogP contribution is 2.39. The summed E-state index contributed by atoms with van der Waals surface area (Å²) in [5, 5.41) is 1.66. The summed E-state index contributed by atoms with van der Waals surface area (Å²) in [5.74, 6) is -1.23. The normalized spacial score (nSPS) is 19.8. The molecular weight excluding hydrogens is 416 g/mol. The number of sulfonamides is 1. The highest BCUT2D eigenvalue weighted by atomic mass is 32.2. The Morgan fingerprint density at radius 2 is 1.86 bits per heavy atom. The average Bonchev–Trinajstić information content (AvgIpc) is 3.22. The van der Waals surface area contributed by atoms with Gasteiger partial charge in [0, 0.05) is 13.0 Å². The fourth-order valence-corrected chi connectivity index (χ4v) is 6.30. The molecule has 10 heteroatoms. The number of hydrogen-bond acceptors (Lipinski definition) is 7. The average molecular weight is 434 g/mol. The monoisotopic (exact) mass is 434 g/mol. The minimum atomic E-state index is -3.87. The van der Waals surface area contributed by atoms with Gasteiger partial charge < -0.3 is 4.74 Å². The van der Waals surface area contributed by atoms with Crippen LogP contribution < -0.4 is 9.64 Å². The standard InChI is InChI=1S/C19H18N2O6S2/c1-12(22)27-15-8-6-13(7-9-15)20-17(23)11-16(19(20)24)21(14-4-5-14)29(25,26)18-3-2-10-28-18/h2-3,6-10,14,16H,4-5,11H2,1H3. The molecule has 2 aliphatic rings. The van der Waals surface area contributed by atoms with Gasteiger partial charge in [-0.3, -0.25) is 14.4 Å². The Balaban J connectivity index is 1.62. The molecule has 1 aromatic heterocycles. The van der Waals surface area contributed by atoms with Crippen molar-refractivity contribution in [3.63, 3.8) is 0 Å². The summed E-state index contributed by atoms with van der Waals surface area (Å²) in [7, 11) is -3.87. The molecule has 0 radical (unpaired) electrons. The van der Waals surface area contributed by atoms with E-state index in [1.807, 2.05) is 0 Å². The molecule has 4 rings (SSSR count). The van der Waals surface area contributed by atoms with Gasteiger partial charge in [-0.05, 0) is 48.6 Å². The number of benzene rings is 1. The molecule has 0 spiro atoms. The smallest absolute Gasteiger partial charge is 0.308 e. The molecule has 152 valence electrons. The number of anilines is 1. The molecule has 2 heterocycles. The Morgan fingerprint density at radius 1 is 1.17 bits per heavy atom. The number of rotatable bonds is 6. The number of ether oxygens (including phenoxy) is 1. The second-order valence-corrected chi connectivity index (χ2v) is 9.89. The third kappa shape index (κ3) is 3.70. The molecule has 2 fully saturated rings. The first-order chi connectivity index (χ1) is 13.8. The molecule has 1 aliphatic carbocycles. The maximum atomic E-state index is 13.1. The molecule has 1 saturated heterocycles. The summed E-state index contributed by atoms with van der Waals surface area (Å²) in [6, 6.07) is 7.75. The zero-order valence-electron chi connectivity index (χ0n) is 15.5. The SMILES string of the molecule is CC(=O)Oc1ccc(N2C(=O)CC(N(C3CC3)S(=O)(=O)c3cccs3)C2=O)cc1. The summed E-state index contributed by atoms with van der Waals surface area (Å²) in [6.45, 7) is 1.27. The molecule has 2 amide bonds. The van der Waals surface area contributed by atoms with Gasteiger partial charge in [0.1, 0.15) is 16.0 Å². The molecule has 0 N–H and O–H groups in total. The van der Waals surface area contributed by atoms with Crippen LogP contribution >= 0.6 is 11.3 Å². The minimum absolute atomic E-state index is 0.161. The molecule has 1 unspecified atom stereocenters. The van der Waals surface area contributed by atoms with E-state index in [0.29, 0.717) is 18.5 Å². The number of thiophene rings is 1. The van der Waals surface area contributed by atoms with Crippen molar-refractivity contribution in [2.75, 3.05) is 4.90 Å². The van der Waals surface area contributed by atoms with Crippen LogP contribution in [0.5, 0.6) is 5.75 Å². The lowest BCUT2D eigenvalue weighted by Crippen LogP contribution is -2.46. The van der Waals surface area contributed by atoms with Gasteiger partial charge in [-0.15, -0.1) is 11.3 Å². The van der Waals surface area contributed by atoms with Crippen LogP contribution in [0.15, 0.2) is 46.0 Å². The Labute approximate surface area is 171 Å². The van der Waals surface area contributed by atoms with Crippen molar-refractivity contribution in [2.24, 2.45) is 0 Å². The van der Waals surface area contributed by atoms with E-state index in [2.05, 4.69) is 0 Å². The predicted octanol–water partition coefficient (Wildman–Crippen LogP) is 2.16. The van der Waals surface area contributed by atoms with Crippen LogP contribution in [0.4, 0.5) is 5.69 Å². The largest absolute Gasteiger partial charge is 0.427 e. The molecule has 1 atom stereocenters. The number of nitrogens with zero attached hydrogens (tertiary/aromatic N) is 2. The molecule has 1 aliphatic heterocycles. The van der Waals surface area contributed by atoms with Crippen molar-refractivity contribution in [3.05, 3.63) is 41.8 Å². The summed E-state index contributed by atoms with van der Waals surface area (Å²) in [6.07, 6.45) is 1.13. The number of carbonyl (C=O) groups excluding carboxylic acids is 3. The first-order valence-corrected chi connectivity index (χ1v) is 11.3. The van der Waals surface area contributed by atoms with Crippen molar-refractivity contribution >= 4 is 44.8 Å². The molecular formula is C19H18N2O6S2. The molecule has 1 aromatic carbocycles. The van der Waals surface area contributed by atoms with E-state index in [1.165, 1.54) is 41.6 Å². The first kappa shape index (κ1) is 19.7. The van der Waals surface area contributed by atoms with E-state index in [1.54, 1.807) is 11.4 Å². The Bertz CT molecular complexity index is 1060. The third-order valence-corrected chi connectivity index (χ3v) is 8.05. The van der Waals surface area contributed by atoms with Gasteiger partial charge in [0.2, 0.25) is 5.91 Å². The van der Waals surface area contributed by atoms with Gasteiger partial charge in [-0.1, -0.05) is 6.07 Å². The van der Waals surface area contributed by atoms with Crippen molar-refractivity contribution in [1.29, 1.82) is 0 Å². The van der Waals surface area contributed by atoms with Crippen molar-refractivity contribution in [3.8, 4) is 5.75 Å². The van der Waals surface area contributed by atoms with E-state index in [4.69, 9.17) is 4.74 Å². The van der Waals surface area contributed by atoms with Crippen molar-refractivity contribution in [1.82, 2.24) is 4.31 Å². The summed E-state index contributed by atoms with van der Waals surface area (Å²) in [5.41, 5.74) is 0.308. The summed E-state index contributed by atoms with van der Waals surface area (Å²) < 4.78 is 32.6. The quantitative estimate of drug-likeness (QED) is 0.392. The fourth-order valence-electron chi connectivity index (χ4n) is 3.38. The highest BCUT2D eigenvalue weighted by Gasteiger charge is 2.52. The third-order valence-electron chi connectivity index (χ3n) is 4.72. The first-order valence-electron chi connectivity index (χ1n) is 9.01. The van der Waals surface area contributed by atoms with E-state index in [0.717, 1.165) is 16.2 Å². The Morgan fingerprint density at radius 3 is 2.41 bits per heavy atom. The van der Waals surface area contributed by atoms with Crippen molar-refractivity contribution in [2.45, 2.75) is 42.5 Å². The predicted molar refractivity (Wildman–Crippen MR) is 105 cm³/mol. The van der Waals surface area contributed by atoms with Gasteiger partial charge in [0.15, 0.2) is 0 Å². The molecule has 1 saturated carbocycles. The number of amides is 2. The Kier molecular flexibility index (Phi) is 5.01. The van der Waals surface area contributed by atoms with E-state index < -0.39 is 33.8 Å². The number of hydrogen-bond donors (Lipinski definition) is 0. The lowest BCUT2D eigenvalue weighted by molar-refractivity contribution is -0.132. The number of esters is 1. The van der Waals surface area contributed by atoms with Crippen LogP contribution in [0.25, 0.3) is 0 Å². The maximum Gasteiger partial charge on any atom is 0.308 e. The maximum absolute atomic E-state index is 13.1. The molecule has 0 bridgehead atoms. The summed E-state index contributed by atoms with van der Waals surface area (Å²) >= 11 is 1.09. The van der Waals surface area contributed by atoms with Crippen LogP contribution in [0.2, 0.25) is 0 Å². The fraction of sp³-hybridized carbons (Fsp3) is 0.316. The second kappa shape index (κ2) is 7.36. The van der Waals surface area contributed by atoms with Gasteiger partial charge in [0.05, 0.1) is 12.1 Å². The van der Waals surface area contributed by atoms with E-state index in [-0.39, 0.29) is 22.4 Å².